The first-order valence-corrected chi connectivity index (χ1v) is 7.26. The van der Waals surface area contributed by atoms with E-state index in [0.717, 1.165) is 5.56 Å². The van der Waals surface area contributed by atoms with Crippen LogP contribution in [0.4, 0.5) is 0 Å². The van der Waals surface area contributed by atoms with Gasteiger partial charge in [-0.15, -0.1) is 0 Å². The lowest BCUT2D eigenvalue weighted by atomic mass is 10.2. The Morgan fingerprint density at radius 1 is 1.32 bits per heavy atom. The van der Waals surface area contributed by atoms with Crippen molar-refractivity contribution in [1.29, 1.82) is 0 Å². The van der Waals surface area contributed by atoms with Gasteiger partial charge in [0.05, 0.1) is 19.9 Å². The van der Waals surface area contributed by atoms with Gasteiger partial charge in [-0.05, 0) is 45.9 Å². The van der Waals surface area contributed by atoms with E-state index < -0.39 is 11.4 Å². The van der Waals surface area contributed by atoms with Gasteiger partial charge < -0.3 is 14.0 Å². The standard InChI is InChI=1S/C14H21NO3S/c1-6-18-13-9-11(7-8-12(13)17-5)10-15-19(16)14(2,3)4/h7-10H,6H2,1-5H3. The van der Waals surface area contributed by atoms with Crippen molar-refractivity contribution in [1.82, 2.24) is 0 Å². The van der Waals surface area contributed by atoms with Crippen LogP contribution in [0, 0.1) is 0 Å². The van der Waals surface area contributed by atoms with Crippen molar-refractivity contribution < 1.29 is 14.0 Å². The van der Waals surface area contributed by atoms with Crippen LogP contribution >= 0.6 is 0 Å². The summed E-state index contributed by atoms with van der Waals surface area (Å²) in [5, 5.41) is 0. The number of hydrogen-bond acceptors (Lipinski definition) is 4. The van der Waals surface area contributed by atoms with E-state index in [-0.39, 0.29) is 4.75 Å². The molecule has 5 heteroatoms. The number of hydrogen-bond donors (Lipinski definition) is 0. The van der Waals surface area contributed by atoms with E-state index in [1.807, 2.05) is 45.9 Å². The molecule has 0 spiro atoms. The Morgan fingerprint density at radius 3 is 2.53 bits per heavy atom. The Balaban J connectivity index is 2.90. The molecule has 0 aromatic heterocycles. The molecule has 0 saturated heterocycles. The molecule has 0 bridgehead atoms. The maximum atomic E-state index is 11.8. The molecule has 1 atom stereocenters. The highest BCUT2D eigenvalue weighted by molar-refractivity contribution is 7.91. The molecule has 0 fully saturated rings. The smallest absolute Gasteiger partial charge is 0.161 e. The summed E-state index contributed by atoms with van der Waals surface area (Å²) in [6.07, 6.45) is 1.60. The molecule has 1 aromatic carbocycles. The number of rotatable bonds is 5. The minimum Gasteiger partial charge on any atom is -0.591 e. The quantitative estimate of drug-likeness (QED) is 0.616. The second-order valence-corrected chi connectivity index (χ2v) is 6.87. The first kappa shape index (κ1) is 15.9. The summed E-state index contributed by atoms with van der Waals surface area (Å²) in [5.74, 6) is 1.34. The van der Waals surface area contributed by atoms with Crippen LogP contribution in [-0.4, -0.2) is 29.2 Å². The molecule has 0 aliphatic rings. The van der Waals surface area contributed by atoms with Gasteiger partial charge in [0.2, 0.25) is 0 Å². The number of ether oxygens (including phenoxy) is 2. The monoisotopic (exact) mass is 283 g/mol. The Morgan fingerprint density at radius 2 is 2.00 bits per heavy atom. The molecule has 0 heterocycles. The highest BCUT2D eigenvalue weighted by atomic mass is 32.2. The summed E-state index contributed by atoms with van der Waals surface area (Å²) in [6, 6.07) is 5.49. The third-order valence-corrected chi connectivity index (χ3v) is 3.65. The fraction of sp³-hybridized carbons (Fsp3) is 0.500. The van der Waals surface area contributed by atoms with Gasteiger partial charge in [-0.1, -0.05) is 4.40 Å². The van der Waals surface area contributed by atoms with Gasteiger partial charge in [-0.2, -0.15) is 0 Å². The third-order valence-electron chi connectivity index (χ3n) is 2.31. The highest BCUT2D eigenvalue weighted by Gasteiger charge is 2.25. The topological polar surface area (TPSA) is 53.9 Å². The summed E-state index contributed by atoms with van der Waals surface area (Å²) < 4.78 is 26.2. The van der Waals surface area contributed by atoms with Crippen LogP contribution in [0.5, 0.6) is 11.5 Å². The zero-order valence-corrected chi connectivity index (χ0v) is 12.9. The van der Waals surface area contributed by atoms with Crippen molar-refractivity contribution in [3.63, 3.8) is 0 Å². The minimum absolute atomic E-state index is 0.355. The maximum absolute atomic E-state index is 11.8. The normalized spacial score (nSPS) is 13.6. The van der Waals surface area contributed by atoms with E-state index in [2.05, 4.69) is 4.40 Å². The summed E-state index contributed by atoms with van der Waals surface area (Å²) in [7, 11) is 1.60. The van der Waals surface area contributed by atoms with E-state index in [1.54, 1.807) is 13.3 Å². The summed E-state index contributed by atoms with van der Waals surface area (Å²) in [6.45, 7) is 8.14. The van der Waals surface area contributed by atoms with Crippen molar-refractivity contribution >= 4 is 17.6 Å². The third kappa shape index (κ3) is 4.76. The van der Waals surface area contributed by atoms with Crippen LogP contribution in [-0.2, 0) is 11.4 Å². The molecule has 0 radical (unpaired) electrons. The van der Waals surface area contributed by atoms with Gasteiger partial charge in [0.1, 0.15) is 16.1 Å². The predicted molar refractivity (Wildman–Crippen MR) is 79.7 cm³/mol. The van der Waals surface area contributed by atoms with Crippen LogP contribution in [0.25, 0.3) is 0 Å². The van der Waals surface area contributed by atoms with E-state index in [1.165, 1.54) is 0 Å². The SMILES string of the molecule is CCOc1cc(C=N[S+]([O-])C(C)(C)C)ccc1OC. The van der Waals surface area contributed by atoms with Crippen LogP contribution in [0.2, 0.25) is 0 Å². The fourth-order valence-corrected chi connectivity index (χ4v) is 1.84. The maximum Gasteiger partial charge on any atom is 0.161 e. The first-order valence-electron chi connectivity index (χ1n) is 6.15. The first-order chi connectivity index (χ1) is 8.88. The molecule has 0 aliphatic carbocycles. The van der Waals surface area contributed by atoms with Gasteiger partial charge in [-0.25, -0.2) is 0 Å². The number of benzene rings is 1. The summed E-state index contributed by atoms with van der Waals surface area (Å²) in [4.78, 5) is 0. The number of nitrogens with zero attached hydrogens (tertiary/aromatic N) is 1. The molecule has 19 heavy (non-hydrogen) atoms. The molecular weight excluding hydrogens is 262 g/mol. The highest BCUT2D eigenvalue weighted by Crippen LogP contribution is 2.27. The Labute approximate surface area is 118 Å². The lowest BCUT2D eigenvalue weighted by Gasteiger charge is -2.17. The molecule has 0 aliphatic heterocycles. The van der Waals surface area contributed by atoms with E-state index in [0.29, 0.717) is 18.1 Å². The Kier molecular flexibility index (Phi) is 5.69. The van der Waals surface area contributed by atoms with Crippen LogP contribution in [0.15, 0.2) is 22.6 Å². The largest absolute Gasteiger partial charge is 0.591 e. The molecule has 0 amide bonds. The van der Waals surface area contributed by atoms with Crippen molar-refractivity contribution in [3.8, 4) is 11.5 Å². The molecule has 1 aromatic rings. The lowest BCUT2D eigenvalue weighted by molar-refractivity contribution is 0.311. The van der Waals surface area contributed by atoms with E-state index in [4.69, 9.17) is 9.47 Å². The zero-order valence-electron chi connectivity index (χ0n) is 12.1. The molecule has 4 nitrogen and oxygen atoms in total. The number of methoxy groups -OCH3 is 1. The van der Waals surface area contributed by atoms with Crippen LogP contribution in [0.1, 0.15) is 33.3 Å². The summed E-state index contributed by atoms with van der Waals surface area (Å²) >= 11 is -1.26. The van der Waals surface area contributed by atoms with Crippen LogP contribution < -0.4 is 9.47 Å². The lowest BCUT2D eigenvalue weighted by Crippen LogP contribution is -2.25. The van der Waals surface area contributed by atoms with Crippen molar-refractivity contribution in [2.75, 3.05) is 13.7 Å². The van der Waals surface area contributed by atoms with Gasteiger partial charge in [0.25, 0.3) is 0 Å². The fourth-order valence-electron chi connectivity index (χ4n) is 1.31. The van der Waals surface area contributed by atoms with Gasteiger partial charge in [0.15, 0.2) is 11.5 Å². The van der Waals surface area contributed by atoms with Crippen molar-refractivity contribution in [3.05, 3.63) is 23.8 Å². The molecule has 0 N–H and O–H groups in total. The Hall–Kier alpha value is -1.20. The average molecular weight is 283 g/mol. The van der Waals surface area contributed by atoms with Crippen molar-refractivity contribution in [2.24, 2.45) is 4.40 Å². The van der Waals surface area contributed by atoms with E-state index in [9.17, 15) is 4.55 Å². The summed E-state index contributed by atoms with van der Waals surface area (Å²) in [5.41, 5.74) is 0.835. The molecule has 1 rings (SSSR count). The van der Waals surface area contributed by atoms with Gasteiger partial charge >= 0.3 is 0 Å². The van der Waals surface area contributed by atoms with E-state index >= 15 is 0 Å². The Bertz CT molecular complexity index is 441. The van der Waals surface area contributed by atoms with Gasteiger partial charge in [0, 0.05) is 5.56 Å². The average Bonchev–Trinajstić information content (AvgIpc) is 2.35. The second kappa shape index (κ2) is 6.82. The minimum atomic E-state index is -1.26. The molecular formula is C14H21NO3S. The van der Waals surface area contributed by atoms with Crippen molar-refractivity contribution in [2.45, 2.75) is 32.4 Å². The molecule has 0 saturated carbocycles. The second-order valence-electron chi connectivity index (χ2n) is 4.94. The zero-order chi connectivity index (χ0) is 14.5. The van der Waals surface area contributed by atoms with Gasteiger partial charge in [-0.3, -0.25) is 0 Å². The molecule has 106 valence electrons. The van der Waals surface area contributed by atoms with Crippen LogP contribution in [0.3, 0.4) is 0 Å². The predicted octanol–water partition coefficient (Wildman–Crippen LogP) is 2.98. The molecule has 1 unspecified atom stereocenters.